The number of hydrogen-bond acceptors (Lipinski definition) is 4. The third-order valence-electron chi connectivity index (χ3n) is 6.46. The molecule has 33 heavy (non-hydrogen) atoms. The number of amides is 2. The third-order valence-corrected chi connectivity index (χ3v) is 7.39. The highest BCUT2D eigenvalue weighted by atomic mass is 35.5. The molecule has 0 saturated carbocycles. The third kappa shape index (κ3) is 4.99. The van der Waals surface area contributed by atoms with Gasteiger partial charge < -0.3 is 9.80 Å². The molecule has 1 spiro atoms. The van der Waals surface area contributed by atoms with E-state index in [1.807, 2.05) is 4.90 Å². The Morgan fingerprint density at radius 1 is 1.15 bits per heavy atom. The fourth-order valence-corrected chi connectivity index (χ4v) is 5.37. The van der Waals surface area contributed by atoms with E-state index in [1.165, 1.54) is 6.20 Å². The summed E-state index contributed by atoms with van der Waals surface area (Å²) in [6.07, 6.45) is 3.47. The van der Waals surface area contributed by atoms with Crippen LogP contribution in [0.5, 0.6) is 0 Å². The van der Waals surface area contributed by atoms with Crippen LogP contribution in [0.2, 0.25) is 15.2 Å². The summed E-state index contributed by atoms with van der Waals surface area (Å²) in [6.45, 7) is 5.58. The van der Waals surface area contributed by atoms with E-state index in [1.54, 1.807) is 35.2 Å². The van der Waals surface area contributed by atoms with Gasteiger partial charge in [-0.25, -0.2) is 4.98 Å². The van der Waals surface area contributed by atoms with Crippen molar-refractivity contribution in [3.63, 3.8) is 0 Å². The van der Waals surface area contributed by atoms with Crippen LogP contribution in [0.25, 0.3) is 0 Å². The normalized spacial score (nSPS) is 20.2. The average Bonchev–Trinajstić information content (AvgIpc) is 3.01. The van der Waals surface area contributed by atoms with Crippen LogP contribution in [0.4, 0.5) is 0 Å². The van der Waals surface area contributed by atoms with Gasteiger partial charge in [-0.3, -0.25) is 14.9 Å². The Bertz CT molecular complexity index is 1020. The quantitative estimate of drug-likeness (QED) is 0.575. The molecule has 0 aliphatic carbocycles. The minimum Gasteiger partial charge on any atom is -0.338 e. The first kappa shape index (κ1) is 24.3. The number of pyridine rings is 1. The lowest BCUT2D eigenvalue weighted by Crippen LogP contribution is -2.59. The Morgan fingerprint density at radius 2 is 1.82 bits per heavy atom. The molecular formula is C24H27Cl3N4O2. The highest BCUT2D eigenvalue weighted by Crippen LogP contribution is 2.37. The minimum absolute atomic E-state index is 0.0568. The van der Waals surface area contributed by atoms with Gasteiger partial charge in [-0.05, 0) is 36.6 Å². The first-order valence-corrected chi connectivity index (χ1v) is 12.3. The number of hydrogen-bond donors (Lipinski definition) is 1. The molecule has 9 heteroatoms. The van der Waals surface area contributed by atoms with Gasteiger partial charge >= 0.3 is 0 Å². The molecule has 0 bridgehead atoms. The second kappa shape index (κ2) is 9.79. The van der Waals surface area contributed by atoms with Crippen molar-refractivity contribution in [2.24, 2.45) is 5.92 Å². The maximum atomic E-state index is 13.5. The van der Waals surface area contributed by atoms with Crippen molar-refractivity contribution in [1.82, 2.24) is 20.1 Å². The Balaban J connectivity index is 1.56. The number of likely N-dealkylation sites (tertiary alicyclic amines) is 1. The van der Waals surface area contributed by atoms with Gasteiger partial charge in [-0.15, -0.1) is 0 Å². The van der Waals surface area contributed by atoms with E-state index in [4.69, 9.17) is 34.8 Å². The van der Waals surface area contributed by atoms with Crippen molar-refractivity contribution in [3.8, 4) is 0 Å². The van der Waals surface area contributed by atoms with Crippen LogP contribution in [-0.2, 0) is 11.3 Å². The second-order valence-electron chi connectivity index (χ2n) is 9.14. The molecule has 1 atom stereocenters. The van der Waals surface area contributed by atoms with Crippen LogP contribution in [0.15, 0.2) is 36.5 Å². The zero-order valence-corrected chi connectivity index (χ0v) is 20.9. The van der Waals surface area contributed by atoms with Crippen molar-refractivity contribution in [2.75, 3.05) is 13.1 Å². The number of nitrogens with zero attached hydrogens (tertiary/aromatic N) is 3. The lowest BCUT2D eigenvalue weighted by Gasteiger charge is -2.45. The summed E-state index contributed by atoms with van der Waals surface area (Å²) < 4.78 is 0. The number of halogens is 3. The molecule has 1 aromatic carbocycles. The second-order valence-corrected chi connectivity index (χ2v) is 10.3. The molecule has 1 N–H and O–H groups in total. The Morgan fingerprint density at radius 3 is 2.39 bits per heavy atom. The largest absolute Gasteiger partial charge is 0.338 e. The maximum absolute atomic E-state index is 13.5. The summed E-state index contributed by atoms with van der Waals surface area (Å²) in [4.78, 5) is 34.2. The molecule has 2 aliphatic heterocycles. The number of carbonyl (C=O) groups is 2. The molecule has 2 aromatic rings. The molecule has 3 heterocycles. The fraction of sp³-hybridized carbons (Fsp3) is 0.458. The smallest absolute Gasteiger partial charge is 0.255 e. The number of nitrogens with one attached hydrogen (secondary N) is 1. The van der Waals surface area contributed by atoms with E-state index in [9.17, 15) is 9.59 Å². The molecular weight excluding hydrogens is 483 g/mol. The van der Waals surface area contributed by atoms with E-state index in [0.717, 1.165) is 12.0 Å². The zero-order chi connectivity index (χ0) is 23.8. The van der Waals surface area contributed by atoms with Crippen molar-refractivity contribution < 1.29 is 9.59 Å². The zero-order valence-electron chi connectivity index (χ0n) is 18.7. The Labute approximate surface area is 209 Å². The van der Waals surface area contributed by atoms with Gasteiger partial charge in [0.15, 0.2) is 0 Å². The predicted octanol–water partition coefficient (Wildman–Crippen LogP) is 5.02. The molecule has 6 nitrogen and oxygen atoms in total. The highest BCUT2D eigenvalue weighted by Gasteiger charge is 2.52. The van der Waals surface area contributed by atoms with Gasteiger partial charge in [-0.2, -0.15) is 0 Å². The van der Waals surface area contributed by atoms with Crippen LogP contribution in [-0.4, -0.2) is 51.4 Å². The maximum Gasteiger partial charge on any atom is 0.255 e. The fourth-order valence-electron chi connectivity index (χ4n) is 4.74. The monoisotopic (exact) mass is 508 g/mol. The van der Waals surface area contributed by atoms with Crippen LogP contribution >= 0.6 is 34.8 Å². The van der Waals surface area contributed by atoms with Crippen LogP contribution in [0.3, 0.4) is 0 Å². The molecule has 2 aliphatic rings. The molecule has 4 rings (SSSR count). The molecule has 2 saturated heterocycles. The lowest BCUT2D eigenvalue weighted by atomic mass is 9.94. The molecule has 1 unspecified atom stereocenters. The Hall–Kier alpha value is -1.86. The van der Waals surface area contributed by atoms with Crippen molar-refractivity contribution in [2.45, 2.75) is 51.4 Å². The van der Waals surface area contributed by atoms with E-state index in [0.29, 0.717) is 59.2 Å². The number of benzene rings is 1. The van der Waals surface area contributed by atoms with Gasteiger partial charge in [0.05, 0.1) is 23.8 Å². The molecule has 1 aromatic heterocycles. The number of carbonyl (C=O) groups excluding carboxylic acids is 2. The lowest BCUT2D eigenvalue weighted by molar-refractivity contribution is -0.134. The van der Waals surface area contributed by atoms with Crippen molar-refractivity contribution in [3.05, 3.63) is 62.9 Å². The van der Waals surface area contributed by atoms with Crippen LogP contribution < -0.4 is 5.32 Å². The summed E-state index contributed by atoms with van der Waals surface area (Å²) in [5, 5.41) is 5.06. The SMILES string of the molecule is CC(C)CC1NC2(CCN(C(=O)c3ccc(Cl)nc3)CC2)N(Cc2c(Cl)cccc2Cl)C1=O. The van der Waals surface area contributed by atoms with Gasteiger partial charge in [-0.1, -0.05) is 54.7 Å². The van der Waals surface area contributed by atoms with Crippen LogP contribution in [0.1, 0.15) is 49.0 Å². The summed E-state index contributed by atoms with van der Waals surface area (Å²) >= 11 is 18.7. The van der Waals surface area contributed by atoms with Gasteiger partial charge in [0, 0.05) is 47.7 Å². The summed E-state index contributed by atoms with van der Waals surface area (Å²) in [7, 11) is 0. The van der Waals surface area contributed by atoms with Crippen molar-refractivity contribution in [1.29, 1.82) is 0 Å². The molecule has 176 valence electrons. The molecule has 0 radical (unpaired) electrons. The average molecular weight is 510 g/mol. The van der Waals surface area contributed by atoms with Gasteiger partial charge in [0.2, 0.25) is 5.91 Å². The predicted molar refractivity (Wildman–Crippen MR) is 131 cm³/mol. The highest BCUT2D eigenvalue weighted by molar-refractivity contribution is 6.36. The van der Waals surface area contributed by atoms with Gasteiger partial charge in [0.1, 0.15) is 5.15 Å². The van der Waals surface area contributed by atoms with E-state index in [2.05, 4.69) is 24.1 Å². The van der Waals surface area contributed by atoms with E-state index >= 15 is 0 Å². The summed E-state index contributed by atoms with van der Waals surface area (Å²) in [6, 6.07) is 8.40. The first-order chi connectivity index (χ1) is 15.7. The summed E-state index contributed by atoms with van der Waals surface area (Å²) in [5.41, 5.74) is 0.697. The minimum atomic E-state index is -0.547. The van der Waals surface area contributed by atoms with Crippen LogP contribution in [0, 0.1) is 5.92 Å². The summed E-state index contributed by atoms with van der Waals surface area (Å²) in [5.74, 6) is 0.338. The van der Waals surface area contributed by atoms with Gasteiger partial charge in [0.25, 0.3) is 5.91 Å². The van der Waals surface area contributed by atoms with E-state index < -0.39 is 5.66 Å². The number of rotatable bonds is 5. The number of aromatic nitrogens is 1. The number of piperidine rings is 1. The molecule has 2 amide bonds. The standard InChI is InChI=1S/C24H27Cl3N4O2/c1-15(2)12-20-23(33)31(14-17-18(25)4-3-5-19(17)26)24(29-20)8-10-30(11-9-24)22(32)16-6-7-21(27)28-13-16/h3-7,13,15,20,29H,8-12,14H2,1-2H3. The first-order valence-electron chi connectivity index (χ1n) is 11.1. The Kier molecular flexibility index (Phi) is 7.20. The topological polar surface area (TPSA) is 65.5 Å². The molecule has 2 fully saturated rings. The van der Waals surface area contributed by atoms with E-state index in [-0.39, 0.29) is 17.9 Å². The van der Waals surface area contributed by atoms with Crippen molar-refractivity contribution >= 4 is 46.6 Å².